The Balaban J connectivity index is 1.36. The summed E-state index contributed by atoms with van der Waals surface area (Å²) in [6, 6.07) is 12.4. The molecule has 0 bridgehead atoms. The van der Waals surface area contributed by atoms with Crippen molar-refractivity contribution in [2.45, 2.75) is 77.1 Å². The van der Waals surface area contributed by atoms with Crippen molar-refractivity contribution in [2.75, 3.05) is 5.32 Å². The molecule has 0 radical (unpaired) electrons. The van der Waals surface area contributed by atoms with Gasteiger partial charge in [0, 0.05) is 49.0 Å². The number of hydrogen-bond acceptors (Lipinski definition) is 7. The molecular formula is C30H34N4O7. The molecule has 2 aliphatic rings. The summed E-state index contributed by atoms with van der Waals surface area (Å²) in [6.07, 6.45) is 0.280. The van der Waals surface area contributed by atoms with Gasteiger partial charge in [-0.05, 0) is 44.9 Å². The molecule has 2 aromatic rings. The summed E-state index contributed by atoms with van der Waals surface area (Å²) in [5, 5.41) is 7.72. The molecule has 1 saturated heterocycles. The van der Waals surface area contributed by atoms with Gasteiger partial charge in [-0.3, -0.25) is 29.3 Å². The molecular weight excluding hydrogens is 528 g/mol. The predicted molar refractivity (Wildman–Crippen MR) is 148 cm³/mol. The van der Waals surface area contributed by atoms with E-state index in [9.17, 15) is 28.8 Å². The Bertz CT molecular complexity index is 1370. The minimum absolute atomic E-state index is 0.106. The molecule has 0 aromatic heterocycles. The maximum absolute atomic E-state index is 13.0. The van der Waals surface area contributed by atoms with Crippen LogP contribution >= 0.6 is 0 Å². The first kappa shape index (κ1) is 29.4. The standard InChI is InChI=1S/C30H34N4O7/c1-30(2,3)41-29(40)22(16-18-8-5-4-6-9-18)32-25(36)15-14-24(35)31-21-11-7-10-19-20(21)17-34(28(19)39)23-12-13-26(37)33-27(23)38/h4-11,22-23H,12-17H2,1-3H3,(H,31,35)(H,32,36)(H,33,37,38)/t22-,23?/m0/s1. The van der Waals surface area contributed by atoms with Gasteiger partial charge in [-0.2, -0.15) is 0 Å². The van der Waals surface area contributed by atoms with E-state index >= 15 is 0 Å². The fraction of sp³-hybridized carbons (Fsp3) is 0.400. The van der Waals surface area contributed by atoms with Crippen molar-refractivity contribution in [3.8, 4) is 0 Å². The first-order valence-corrected chi connectivity index (χ1v) is 13.5. The van der Waals surface area contributed by atoms with Gasteiger partial charge in [0.05, 0.1) is 0 Å². The normalized spacial score (nSPS) is 17.4. The van der Waals surface area contributed by atoms with E-state index in [0.29, 0.717) is 16.8 Å². The number of rotatable bonds is 9. The third-order valence-corrected chi connectivity index (χ3v) is 6.74. The number of amides is 5. The largest absolute Gasteiger partial charge is 0.458 e. The number of ether oxygens (including phenoxy) is 1. The van der Waals surface area contributed by atoms with Crippen LogP contribution in [0.2, 0.25) is 0 Å². The number of nitrogens with zero attached hydrogens (tertiary/aromatic N) is 1. The lowest BCUT2D eigenvalue weighted by atomic mass is 10.0. The van der Waals surface area contributed by atoms with Crippen LogP contribution in [0.25, 0.3) is 0 Å². The minimum atomic E-state index is -0.922. The Morgan fingerprint density at radius 3 is 2.39 bits per heavy atom. The number of esters is 1. The Hall–Kier alpha value is -4.54. The van der Waals surface area contributed by atoms with Gasteiger partial charge in [-0.15, -0.1) is 0 Å². The first-order valence-electron chi connectivity index (χ1n) is 13.5. The maximum atomic E-state index is 13.0. The van der Waals surface area contributed by atoms with Crippen molar-refractivity contribution in [1.82, 2.24) is 15.5 Å². The first-order chi connectivity index (χ1) is 19.4. The molecule has 216 valence electrons. The van der Waals surface area contributed by atoms with Gasteiger partial charge < -0.3 is 20.3 Å². The van der Waals surface area contributed by atoms with E-state index in [1.165, 1.54) is 4.90 Å². The molecule has 11 nitrogen and oxygen atoms in total. The highest BCUT2D eigenvalue weighted by molar-refractivity contribution is 6.07. The highest BCUT2D eigenvalue weighted by Gasteiger charge is 2.40. The average Bonchev–Trinajstić information content (AvgIpc) is 3.24. The summed E-state index contributed by atoms with van der Waals surface area (Å²) >= 11 is 0. The number of carbonyl (C=O) groups is 6. The zero-order valence-corrected chi connectivity index (χ0v) is 23.3. The highest BCUT2D eigenvalue weighted by atomic mass is 16.6. The van der Waals surface area contributed by atoms with Crippen molar-refractivity contribution < 1.29 is 33.5 Å². The fourth-order valence-corrected chi connectivity index (χ4v) is 4.83. The van der Waals surface area contributed by atoms with E-state index in [0.717, 1.165) is 5.56 Å². The van der Waals surface area contributed by atoms with E-state index < -0.39 is 41.4 Å². The maximum Gasteiger partial charge on any atom is 0.329 e. The number of nitrogens with one attached hydrogen (secondary N) is 3. The summed E-state index contributed by atoms with van der Waals surface area (Å²) in [5.74, 6) is -2.73. The second kappa shape index (κ2) is 12.3. The Morgan fingerprint density at radius 1 is 1.00 bits per heavy atom. The summed E-state index contributed by atoms with van der Waals surface area (Å²) < 4.78 is 5.49. The number of carbonyl (C=O) groups excluding carboxylic acids is 6. The number of imide groups is 1. The zero-order valence-electron chi connectivity index (χ0n) is 23.3. The predicted octanol–water partition coefficient (Wildman–Crippen LogP) is 2.24. The molecule has 2 aliphatic heterocycles. The Kier molecular flexibility index (Phi) is 8.85. The van der Waals surface area contributed by atoms with Crippen LogP contribution in [-0.4, -0.2) is 58.1 Å². The molecule has 1 unspecified atom stereocenters. The SMILES string of the molecule is CC(C)(C)OC(=O)[C@H](Cc1ccccc1)NC(=O)CCC(=O)Nc1cccc2c1CN(C1CCC(=O)NC1=O)C2=O. The number of hydrogen-bond donors (Lipinski definition) is 3. The number of benzene rings is 2. The molecule has 3 N–H and O–H groups in total. The minimum Gasteiger partial charge on any atom is -0.458 e. The molecule has 11 heteroatoms. The van der Waals surface area contributed by atoms with Crippen molar-refractivity contribution in [2.24, 2.45) is 0 Å². The second-order valence-electron chi connectivity index (χ2n) is 11.1. The summed E-state index contributed by atoms with van der Waals surface area (Å²) in [6.45, 7) is 5.34. The fourth-order valence-electron chi connectivity index (χ4n) is 4.83. The number of piperidine rings is 1. The molecule has 0 aliphatic carbocycles. The van der Waals surface area contributed by atoms with E-state index in [1.807, 2.05) is 30.3 Å². The molecule has 1 fully saturated rings. The molecule has 5 amide bonds. The summed E-state index contributed by atoms with van der Waals surface area (Å²) in [5.41, 5.74) is 1.45. The van der Waals surface area contributed by atoms with Crippen LogP contribution in [-0.2, 0) is 41.7 Å². The van der Waals surface area contributed by atoms with Gasteiger partial charge in [0.25, 0.3) is 5.91 Å². The lowest BCUT2D eigenvalue weighted by Crippen LogP contribution is -2.52. The molecule has 2 heterocycles. The second-order valence-corrected chi connectivity index (χ2v) is 11.1. The lowest BCUT2D eigenvalue weighted by molar-refractivity contribution is -0.158. The van der Waals surface area contributed by atoms with E-state index in [4.69, 9.17) is 4.74 Å². The molecule has 0 spiro atoms. The number of fused-ring (bicyclic) bond motifs is 1. The van der Waals surface area contributed by atoms with Gasteiger partial charge in [0.1, 0.15) is 17.7 Å². The third kappa shape index (κ3) is 7.56. The van der Waals surface area contributed by atoms with Gasteiger partial charge >= 0.3 is 5.97 Å². The van der Waals surface area contributed by atoms with Crippen LogP contribution in [0.5, 0.6) is 0 Å². The Labute approximate surface area is 238 Å². The monoisotopic (exact) mass is 562 g/mol. The van der Waals surface area contributed by atoms with Gasteiger partial charge in [0.2, 0.25) is 23.6 Å². The van der Waals surface area contributed by atoms with Crippen LogP contribution in [0, 0.1) is 0 Å². The van der Waals surface area contributed by atoms with Gasteiger partial charge in [-0.1, -0.05) is 36.4 Å². The van der Waals surface area contributed by atoms with Crippen LogP contribution in [0.4, 0.5) is 5.69 Å². The number of anilines is 1. The molecule has 41 heavy (non-hydrogen) atoms. The van der Waals surface area contributed by atoms with E-state index in [1.54, 1.807) is 39.0 Å². The van der Waals surface area contributed by atoms with Crippen LogP contribution < -0.4 is 16.0 Å². The van der Waals surface area contributed by atoms with Gasteiger partial charge in [0.15, 0.2) is 0 Å². The van der Waals surface area contributed by atoms with E-state index in [2.05, 4.69) is 16.0 Å². The smallest absolute Gasteiger partial charge is 0.329 e. The molecule has 2 aromatic carbocycles. The van der Waals surface area contributed by atoms with Crippen molar-refractivity contribution in [1.29, 1.82) is 0 Å². The van der Waals surface area contributed by atoms with Crippen molar-refractivity contribution in [3.63, 3.8) is 0 Å². The van der Waals surface area contributed by atoms with Crippen LogP contribution in [0.15, 0.2) is 48.5 Å². The zero-order chi connectivity index (χ0) is 29.7. The Morgan fingerprint density at radius 2 is 1.71 bits per heavy atom. The highest BCUT2D eigenvalue weighted by Crippen LogP contribution is 2.32. The topological polar surface area (TPSA) is 151 Å². The molecule has 0 saturated carbocycles. The summed E-state index contributed by atoms with van der Waals surface area (Å²) in [4.78, 5) is 76.6. The quantitative estimate of drug-likeness (QED) is 0.313. The van der Waals surface area contributed by atoms with Gasteiger partial charge in [-0.25, -0.2) is 4.79 Å². The summed E-state index contributed by atoms with van der Waals surface area (Å²) in [7, 11) is 0. The van der Waals surface area contributed by atoms with Crippen molar-refractivity contribution in [3.05, 3.63) is 65.2 Å². The van der Waals surface area contributed by atoms with E-state index in [-0.39, 0.29) is 50.5 Å². The van der Waals surface area contributed by atoms with Crippen LogP contribution in [0.1, 0.15) is 67.9 Å². The lowest BCUT2D eigenvalue weighted by Gasteiger charge is -2.29. The van der Waals surface area contributed by atoms with Crippen molar-refractivity contribution >= 4 is 41.2 Å². The average molecular weight is 563 g/mol. The molecule has 2 atom stereocenters. The third-order valence-electron chi connectivity index (χ3n) is 6.74. The molecule has 4 rings (SSSR count). The van der Waals surface area contributed by atoms with Crippen LogP contribution in [0.3, 0.4) is 0 Å².